The summed E-state index contributed by atoms with van der Waals surface area (Å²) in [4.78, 5) is 9.10. The van der Waals surface area contributed by atoms with Gasteiger partial charge in [-0.25, -0.2) is 15.8 Å². The minimum absolute atomic E-state index is 0.451. The predicted octanol–water partition coefficient (Wildman–Crippen LogP) is 3.65. The summed E-state index contributed by atoms with van der Waals surface area (Å²) in [6, 6.07) is 5.88. The zero-order chi connectivity index (χ0) is 15.0. The van der Waals surface area contributed by atoms with Crippen LogP contribution in [0.4, 0.5) is 17.3 Å². The highest BCUT2D eigenvalue weighted by Gasteiger charge is 2.28. The van der Waals surface area contributed by atoms with Crippen LogP contribution in [0.15, 0.2) is 18.2 Å². The average Bonchev–Trinajstić information content (AvgIpc) is 3.28. The van der Waals surface area contributed by atoms with Gasteiger partial charge >= 0.3 is 0 Å². The van der Waals surface area contributed by atoms with Crippen molar-refractivity contribution in [1.29, 1.82) is 0 Å². The molecule has 0 amide bonds. The van der Waals surface area contributed by atoms with E-state index in [1.54, 1.807) is 0 Å². The largest absolute Gasteiger partial charge is 0.339 e. The molecule has 6 heteroatoms. The maximum absolute atomic E-state index is 6.27. The Hall–Kier alpha value is -1.85. The Balaban J connectivity index is 1.98. The first kappa shape index (κ1) is 14.1. The third-order valence-corrected chi connectivity index (χ3v) is 3.93. The van der Waals surface area contributed by atoms with Crippen LogP contribution >= 0.6 is 11.6 Å². The molecule has 0 radical (unpaired) electrons. The minimum Gasteiger partial charge on any atom is -0.339 e. The van der Waals surface area contributed by atoms with E-state index in [1.165, 1.54) is 0 Å². The lowest BCUT2D eigenvalue weighted by Crippen LogP contribution is -2.14. The predicted molar refractivity (Wildman–Crippen MR) is 86.0 cm³/mol. The number of nitrogen functional groups attached to an aromatic ring is 1. The van der Waals surface area contributed by atoms with Crippen LogP contribution in [0.5, 0.6) is 0 Å². The van der Waals surface area contributed by atoms with Crippen LogP contribution in [0, 0.1) is 13.8 Å². The second-order valence-electron chi connectivity index (χ2n) is 5.43. The number of aryl methyl sites for hydroxylation is 1. The summed E-state index contributed by atoms with van der Waals surface area (Å²) in [6.45, 7) is 3.93. The fourth-order valence-corrected chi connectivity index (χ4v) is 2.45. The van der Waals surface area contributed by atoms with E-state index in [0.717, 1.165) is 41.3 Å². The van der Waals surface area contributed by atoms with Crippen LogP contribution in [0.25, 0.3) is 0 Å². The van der Waals surface area contributed by atoms with Gasteiger partial charge in [-0.1, -0.05) is 17.7 Å². The van der Waals surface area contributed by atoms with Crippen LogP contribution in [0.1, 0.15) is 35.7 Å². The van der Waals surface area contributed by atoms with Crippen molar-refractivity contribution >= 4 is 28.9 Å². The van der Waals surface area contributed by atoms with Crippen molar-refractivity contribution in [2.45, 2.75) is 32.6 Å². The van der Waals surface area contributed by atoms with Crippen molar-refractivity contribution < 1.29 is 0 Å². The molecule has 1 aromatic heterocycles. The van der Waals surface area contributed by atoms with Gasteiger partial charge in [-0.3, -0.25) is 0 Å². The number of hydrogen-bond acceptors (Lipinski definition) is 5. The van der Waals surface area contributed by atoms with Crippen LogP contribution < -0.4 is 16.6 Å². The number of aromatic nitrogens is 2. The smallest absolute Gasteiger partial charge is 0.148 e. The molecule has 1 aromatic carbocycles. The molecule has 1 aliphatic rings. The molecule has 4 N–H and O–H groups in total. The number of benzene rings is 1. The number of hydrogen-bond donors (Lipinski definition) is 3. The van der Waals surface area contributed by atoms with Crippen molar-refractivity contribution in [3.8, 4) is 0 Å². The van der Waals surface area contributed by atoms with Gasteiger partial charge in [-0.2, -0.15) is 0 Å². The quantitative estimate of drug-likeness (QED) is 0.594. The van der Waals surface area contributed by atoms with Crippen molar-refractivity contribution in [1.82, 2.24) is 9.97 Å². The van der Waals surface area contributed by atoms with Crippen LogP contribution in [-0.2, 0) is 0 Å². The fraction of sp³-hybridized carbons (Fsp3) is 0.333. The normalized spacial score (nSPS) is 14.1. The summed E-state index contributed by atoms with van der Waals surface area (Å²) in [5.41, 5.74) is 5.46. The third kappa shape index (κ3) is 2.94. The van der Waals surface area contributed by atoms with E-state index in [9.17, 15) is 0 Å². The topological polar surface area (TPSA) is 75.9 Å². The summed E-state index contributed by atoms with van der Waals surface area (Å²) in [5.74, 6) is 8.23. The number of halogens is 1. The number of nitrogens with one attached hydrogen (secondary N) is 2. The van der Waals surface area contributed by atoms with Crippen LogP contribution in [-0.4, -0.2) is 9.97 Å². The number of nitrogens with zero attached hydrogens (tertiary/aromatic N) is 2. The molecule has 0 saturated heterocycles. The Kier molecular flexibility index (Phi) is 3.69. The maximum Gasteiger partial charge on any atom is 0.148 e. The highest BCUT2D eigenvalue weighted by Crippen LogP contribution is 2.40. The zero-order valence-electron chi connectivity index (χ0n) is 12.1. The summed E-state index contributed by atoms with van der Waals surface area (Å²) < 4.78 is 0. The van der Waals surface area contributed by atoms with E-state index >= 15 is 0 Å². The van der Waals surface area contributed by atoms with E-state index in [4.69, 9.17) is 17.4 Å². The first-order valence-corrected chi connectivity index (χ1v) is 7.34. The molecule has 110 valence electrons. The molecule has 2 aromatic rings. The monoisotopic (exact) mass is 303 g/mol. The van der Waals surface area contributed by atoms with Gasteiger partial charge in [-0.15, -0.1) is 0 Å². The standard InChI is InChI=1S/C15H18ClN5/c1-8-3-6-12(11(16)7-8)18-13-9(2)14(21-17)20-15(19-13)10-4-5-10/h3,6-7,10H,4-5,17H2,1-2H3,(H2,18,19,20,21). The number of rotatable bonds is 4. The summed E-state index contributed by atoms with van der Waals surface area (Å²) in [6.07, 6.45) is 2.27. The lowest BCUT2D eigenvalue weighted by molar-refractivity contribution is 0.920. The Morgan fingerprint density at radius 1 is 1.19 bits per heavy atom. The molecular weight excluding hydrogens is 286 g/mol. The number of nitrogens with two attached hydrogens (primary N) is 1. The van der Waals surface area contributed by atoms with Crippen LogP contribution in [0.3, 0.4) is 0 Å². The van der Waals surface area contributed by atoms with Gasteiger partial charge in [0, 0.05) is 11.5 Å². The van der Waals surface area contributed by atoms with Gasteiger partial charge in [0.15, 0.2) is 0 Å². The molecular formula is C15H18ClN5. The van der Waals surface area contributed by atoms with Crippen molar-refractivity contribution in [2.75, 3.05) is 10.7 Å². The van der Waals surface area contributed by atoms with E-state index in [2.05, 4.69) is 20.7 Å². The Labute approximate surface area is 128 Å². The molecule has 21 heavy (non-hydrogen) atoms. The Morgan fingerprint density at radius 3 is 2.52 bits per heavy atom. The molecule has 5 nitrogen and oxygen atoms in total. The van der Waals surface area contributed by atoms with Gasteiger partial charge in [0.05, 0.1) is 10.7 Å². The van der Waals surface area contributed by atoms with E-state index in [0.29, 0.717) is 16.8 Å². The summed E-state index contributed by atoms with van der Waals surface area (Å²) in [7, 11) is 0. The maximum atomic E-state index is 6.27. The molecule has 0 spiro atoms. The van der Waals surface area contributed by atoms with Gasteiger partial charge in [-0.05, 0) is 44.4 Å². The average molecular weight is 304 g/mol. The molecule has 0 atom stereocenters. The van der Waals surface area contributed by atoms with Crippen molar-refractivity contribution in [2.24, 2.45) is 5.84 Å². The first-order chi connectivity index (χ1) is 10.1. The second-order valence-corrected chi connectivity index (χ2v) is 5.84. The molecule has 0 aliphatic heterocycles. The molecule has 1 heterocycles. The van der Waals surface area contributed by atoms with E-state index < -0.39 is 0 Å². The summed E-state index contributed by atoms with van der Waals surface area (Å²) >= 11 is 6.27. The van der Waals surface area contributed by atoms with Gasteiger partial charge in [0.25, 0.3) is 0 Å². The van der Waals surface area contributed by atoms with Gasteiger partial charge < -0.3 is 10.7 Å². The zero-order valence-corrected chi connectivity index (χ0v) is 12.8. The lowest BCUT2D eigenvalue weighted by Gasteiger charge is -2.14. The number of anilines is 3. The van der Waals surface area contributed by atoms with Gasteiger partial charge in [0.1, 0.15) is 17.5 Å². The van der Waals surface area contributed by atoms with Crippen LogP contribution in [0.2, 0.25) is 5.02 Å². The molecule has 0 bridgehead atoms. The van der Waals surface area contributed by atoms with E-state index in [1.807, 2.05) is 32.0 Å². The van der Waals surface area contributed by atoms with E-state index in [-0.39, 0.29) is 0 Å². The highest BCUT2D eigenvalue weighted by molar-refractivity contribution is 6.33. The molecule has 3 rings (SSSR count). The lowest BCUT2D eigenvalue weighted by atomic mass is 10.2. The second kappa shape index (κ2) is 5.50. The SMILES string of the molecule is Cc1ccc(Nc2nc(C3CC3)nc(NN)c2C)c(Cl)c1. The molecule has 0 unspecified atom stereocenters. The highest BCUT2D eigenvalue weighted by atomic mass is 35.5. The minimum atomic E-state index is 0.451. The van der Waals surface area contributed by atoms with Gasteiger partial charge in [0.2, 0.25) is 0 Å². The molecule has 1 fully saturated rings. The molecule has 1 aliphatic carbocycles. The molecule has 1 saturated carbocycles. The number of hydrazine groups is 1. The third-order valence-electron chi connectivity index (χ3n) is 3.62. The van der Waals surface area contributed by atoms with Crippen molar-refractivity contribution in [3.05, 3.63) is 40.2 Å². The first-order valence-electron chi connectivity index (χ1n) is 6.97. The summed E-state index contributed by atoms with van der Waals surface area (Å²) in [5, 5.41) is 3.96. The Bertz CT molecular complexity index is 682. The fourth-order valence-electron chi connectivity index (χ4n) is 2.17. The van der Waals surface area contributed by atoms with Crippen molar-refractivity contribution in [3.63, 3.8) is 0 Å². The Morgan fingerprint density at radius 2 is 1.90 bits per heavy atom.